The molecule has 32 heavy (non-hydrogen) atoms. The van der Waals surface area contributed by atoms with Crippen molar-refractivity contribution in [3.05, 3.63) is 77.4 Å². The number of rotatable bonds is 6. The van der Waals surface area contributed by atoms with E-state index in [4.69, 9.17) is 15.2 Å². The van der Waals surface area contributed by atoms with Crippen LogP contribution in [-0.4, -0.2) is 31.3 Å². The molecule has 0 amide bonds. The number of aryl methyl sites for hydroxylation is 1. The number of aliphatic imine (C=N–C) groups is 1. The Kier molecular flexibility index (Phi) is 5.65. The first-order chi connectivity index (χ1) is 15.3. The molecule has 2 aromatic carbocycles. The molecule has 0 saturated heterocycles. The molecule has 1 aliphatic heterocycles. The Labute approximate surface area is 182 Å². The van der Waals surface area contributed by atoms with Gasteiger partial charge in [-0.2, -0.15) is 8.78 Å². The summed E-state index contributed by atoms with van der Waals surface area (Å²) >= 11 is 0. The third kappa shape index (κ3) is 3.93. The Bertz CT molecular complexity index is 1190. The van der Waals surface area contributed by atoms with Crippen molar-refractivity contribution in [1.82, 2.24) is 4.98 Å². The van der Waals surface area contributed by atoms with E-state index < -0.39 is 18.0 Å². The normalized spacial score (nSPS) is 17.8. The molecule has 0 spiro atoms. The molecule has 1 atom stereocenters. The summed E-state index contributed by atoms with van der Waals surface area (Å²) in [4.78, 5) is 8.60. The van der Waals surface area contributed by atoms with Gasteiger partial charge < -0.3 is 19.9 Å². The highest BCUT2D eigenvalue weighted by molar-refractivity contribution is 5.76. The van der Waals surface area contributed by atoms with E-state index >= 15 is 0 Å². The van der Waals surface area contributed by atoms with Gasteiger partial charge in [0.2, 0.25) is 0 Å². The number of nitrogens with two attached hydrogens (primary N) is 1. The summed E-state index contributed by atoms with van der Waals surface area (Å²) in [5, 5.41) is 0. The largest absolute Gasteiger partial charge is 0.495 e. The zero-order valence-corrected chi connectivity index (χ0v) is 17.3. The standard InChI is InChI=1S/C23H20F3N3O3/c1-13-7-15(4-6-20(13)32-21(25)26)23(12-31-22(27)29-23)16-3-5-19(24)18(9-16)14-8-17(30-2)11-28-10-14/h3-11,21H,12H2,1-2H3,(H2,27,29). The minimum atomic E-state index is -2.94. The van der Waals surface area contributed by atoms with Gasteiger partial charge >= 0.3 is 6.61 Å². The number of hydrogen-bond acceptors (Lipinski definition) is 6. The van der Waals surface area contributed by atoms with Crippen LogP contribution in [0.1, 0.15) is 16.7 Å². The summed E-state index contributed by atoms with van der Waals surface area (Å²) in [5.74, 6) is 0.0856. The molecule has 1 aliphatic rings. The summed E-state index contributed by atoms with van der Waals surface area (Å²) in [7, 11) is 1.50. The van der Waals surface area contributed by atoms with E-state index in [1.54, 1.807) is 37.3 Å². The van der Waals surface area contributed by atoms with Gasteiger partial charge in [0.15, 0.2) is 5.54 Å². The van der Waals surface area contributed by atoms with E-state index in [1.807, 2.05) is 0 Å². The first-order valence-electron chi connectivity index (χ1n) is 9.66. The van der Waals surface area contributed by atoms with E-state index in [1.165, 1.54) is 31.6 Å². The highest BCUT2D eigenvalue weighted by Gasteiger charge is 2.40. The SMILES string of the molecule is COc1cncc(-c2cc(C3(c4ccc(OC(F)F)c(C)c4)COC(N)=N3)ccc2F)c1. The molecular formula is C23H20F3N3O3. The van der Waals surface area contributed by atoms with Crippen molar-refractivity contribution in [3.8, 4) is 22.6 Å². The molecule has 0 aliphatic carbocycles. The molecular weight excluding hydrogens is 423 g/mol. The van der Waals surface area contributed by atoms with Gasteiger partial charge in [-0.15, -0.1) is 0 Å². The Morgan fingerprint density at radius 1 is 1.09 bits per heavy atom. The monoisotopic (exact) mass is 443 g/mol. The second kappa shape index (κ2) is 8.41. The molecule has 1 unspecified atom stereocenters. The number of pyridine rings is 1. The van der Waals surface area contributed by atoms with Gasteiger partial charge in [0.05, 0.1) is 13.3 Å². The third-order valence-corrected chi connectivity index (χ3v) is 5.30. The maximum atomic E-state index is 14.8. The smallest absolute Gasteiger partial charge is 0.387 e. The number of methoxy groups -OCH3 is 1. The topological polar surface area (TPSA) is 79.0 Å². The first-order valence-corrected chi connectivity index (χ1v) is 9.66. The van der Waals surface area contributed by atoms with Crippen molar-refractivity contribution in [1.29, 1.82) is 0 Å². The Morgan fingerprint density at radius 2 is 1.84 bits per heavy atom. The summed E-state index contributed by atoms with van der Waals surface area (Å²) in [6.07, 6.45) is 3.05. The molecule has 3 aromatic rings. The minimum absolute atomic E-state index is 0.0236. The highest BCUT2D eigenvalue weighted by atomic mass is 19.3. The summed E-state index contributed by atoms with van der Waals surface area (Å²) in [6.45, 7) is -1.22. The lowest BCUT2D eigenvalue weighted by Gasteiger charge is -2.27. The van der Waals surface area contributed by atoms with Crippen molar-refractivity contribution in [3.63, 3.8) is 0 Å². The number of halogens is 3. The third-order valence-electron chi connectivity index (χ3n) is 5.30. The van der Waals surface area contributed by atoms with Crippen LogP contribution in [0.2, 0.25) is 0 Å². The van der Waals surface area contributed by atoms with Crippen LogP contribution in [0.25, 0.3) is 11.1 Å². The molecule has 4 rings (SSSR count). The number of aromatic nitrogens is 1. The van der Waals surface area contributed by atoms with Crippen molar-refractivity contribution >= 4 is 6.02 Å². The first kappa shape index (κ1) is 21.5. The number of benzene rings is 2. The molecule has 1 aromatic heterocycles. The molecule has 6 nitrogen and oxygen atoms in total. The maximum absolute atomic E-state index is 14.8. The number of ether oxygens (including phenoxy) is 3. The van der Waals surface area contributed by atoms with Crippen LogP contribution >= 0.6 is 0 Å². The van der Waals surface area contributed by atoms with E-state index in [9.17, 15) is 13.2 Å². The average Bonchev–Trinajstić information content (AvgIpc) is 3.18. The number of alkyl halides is 2. The van der Waals surface area contributed by atoms with Crippen LogP contribution < -0.4 is 15.2 Å². The Balaban J connectivity index is 1.84. The van der Waals surface area contributed by atoms with Gasteiger partial charge in [0.25, 0.3) is 6.02 Å². The van der Waals surface area contributed by atoms with Crippen LogP contribution in [0.3, 0.4) is 0 Å². The van der Waals surface area contributed by atoms with Gasteiger partial charge in [-0.05, 0) is 53.9 Å². The second-order valence-electron chi connectivity index (χ2n) is 7.27. The van der Waals surface area contributed by atoms with E-state index in [0.29, 0.717) is 33.6 Å². The molecule has 2 heterocycles. The maximum Gasteiger partial charge on any atom is 0.387 e. The quantitative estimate of drug-likeness (QED) is 0.611. The van der Waals surface area contributed by atoms with Crippen LogP contribution in [0.15, 0.2) is 59.9 Å². The molecule has 166 valence electrons. The lowest BCUT2D eigenvalue weighted by atomic mass is 9.82. The van der Waals surface area contributed by atoms with Gasteiger partial charge in [0.1, 0.15) is 23.9 Å². The number of amidine groups is 1. The van der Waals surface area contributed by atoms with E-state index in [0.717, 1.165) is 0 Å². The van der Waals surface area contributed by atoms with Crippen molar-refractivity contribution < 1.29 is 27.4 Å². The zero-order valence-electron chi connectivity index (χ0n) is 17.3. The summed E-state index contributed by atoms with van der Waals surface area (Å²) < 4.78 is 55.3. The van der Waals surface area contributed by atoms with E-state index in [2.05, 4.69) is 14.7 Å². The van der Waals surface area contributed by atoms with Crippen molar-refractivity contribution in [2.75, 3.05) is 13.7 Å². The number of nitrogens with zero attached hydrogens (tertiary/aromatic N) is 2. The van der Waals surface area contributed by atoms with Crippen molar-refractivity contribution in [2.24, 2.45) is 10.7 Å². The lowest BCUT2D eigenvalue weighted by Crippen LogP contribution is -2.27. The Morgan fingerprint density at radius 3 is 2.50 bits per heavy atom. The second-order valence-corrected chi connectivity index (χ2v) is 7.27. The minimum Gasteiger partial charge on any atom is -0.495 e. The Hall–Kier alpha value is -3.75. The zero-order chi connectivity index (χ0) is 22.9. The van der Waals surface area contributed by atoms with Gasteiger partial charge in [-0.1, -0.05) is 12.1 Å². The molecule has 0 saturated carbocycles. The molecule has 0 radical (unpaired) electrons. The van der Waals surface area contributed by atoms with Crippen LogP contribution in [0.4, 0.5) is 13.2 Å². The fourth-order valence-electron chi connectivity index (χ4n) is 3.71. The molecule has 9 heteroatoms. The van der Waals surface area contributed by atoms with Gasteiger partial charge in [0, 0.05) is 17.3 Å². The van der Waals surface area contributed by atoms with Crippen LogP contribution in [-0.2, 0) is 10.3 Å². The molecule has 0 fully saturated rings. The lowest BCUT2D eigenvalue weighted by molar-refractivity contribution is -0.0503. The van der Waals surface area contributed by atoms with E-state index in [-0.39, 0.29) is 18.4 Å². The number of hydrogen-bond donors (Lipinski definition) is 1. The summed E-state index contributed by atoms with van der Waals surface area (Å²) in [6, 6.07) is 11.0. The summed E-state index contributed by atoms with van der Waals surface area (Å²) in [5.41, 5.74) is 7.30. The van der Waals surface area contributed by atoms with Gasteiger partial charge in [-0.25, -0.2) is 9.38 Å². The highest BCUT2D eigenvalue weighted by Crippen LogP contribution is 2.41. The fraction of sp³-hybridized carbons (Fsp3) is 0.217. The van der Waals surface area contributed by atoms with Crippen LogP contribution in [0.5, 0.6) is 11.5 Å². The van der Waals surface area contributed by atoms with Crippen molar-refractivity contribution in [2.45, 2.75) is 19.1 Å². The average molecular weight is 443 g/mol. The van der Waals surface area contributed by atoms with Gasteiger partial charge in [-0.3, -0.25) is 4.98 Å². The predicted molar refractivity (Wildman–Crippen MR) is 112 cm³/mol. The molecule has 2 N–H and O–H groups in total. The molecule has 0 bridgehead atoms. The fourth-order valence-corrected chi connectivity index (χ4v) is 3.71. The predicted octanol–water partition coefficient (Wildman–Crippen LogP) is 4.39. The van der Waals surface area contributed by atoms with Crippen LogP contribution in [0, 0.1) is 12.7 Å².